The number of alkyl carbamates (subject to hydrolysis) is 1. The van der Waals surface area contributed by atoms with Crippen LogP contribution in [0.1, 0.15) is 72.1 Å². The van der Waals surface area contributed by atoms with Gasteiger partial charge in [0.15, 0.2) is 0 Å². The number of allylic oxidation sites excluding steroid dienone is 1. The van der Waals surface area contributed by atoms with E-state index < -0.39 is 41.2 Å². The Morgan fingerprint density at radius 2 is 1.94 bits per heavy atom. The molecule has 1 aliphatic carbocycles. The molecule has 2 aliphatic heterocycles. The highest BCUT2D eigenvalue weighted by Crippen LogP contribution is 2.45. The summed E-state index contributed by atoms with van der Waals surface area (Å²) in [5.74, 6) is -2.05. The molecule has 3 N–H and O–H groups in total. The normalized spacial score (nSPS) is 31.5. The summed E-state index contributed by atoms with van der Waals surface area (Å²) in [7, 11) is 0. The monoisotopic (exact) mass is 449 g/mol. The Morgan fingerprint density at radius 3 is 2.62 bits per heavy atom. The third-order valence-corrected chi connectivity index (χ3v) is 6.30. The number of carbonyl (C=O) groups excluding carboxylic acids is 3. The van der Waals surface area contributed by atoms with Gasteiger partial charge in [-0.05, 0) is 59.3 Å². The first-order valence-corrected chi connectivity index (χ1v) is 11.6. The number of aliphatic carboxylic acids is 1. The molecule has 9 nitrogen and oxygen atoms in total. The van der Waals surface area contributed by atoms with Crippen molar-refractivity contribution in [1.82, 2.24) is 15.5 Å². The number of fused-ring (bicyclic) bond motifs is 2. The minimum absolute atomic E-state index is 0.235. The van der Waals surface area contributed by atoms with E-state index in [9.17, 15) is 24.3 Å². The quantitative estimate of drug-likeness (QED) is 0.556. The Bertz CT molecular complexity index is 789. The highest BCUT2D eigenvalue weighted by Gasteiger charge is 2.61. The van der Waals surface area contributed by atoms with Gasteiger partial charge >= 0.3 is 12.1 Å². The van der Waals surface area contributed by atoms with E-state index in [0.29, 0.717) is 32.2 Å². The van der Waals surface area contributed by atoms with Crippen molar-refractivity contribution in [2.75, 3.05) is 6.54 Å². The Hall–Kier alpha value is -2.58. The molecule has 0 radical (unpaired) electrons. The van der Waals surface area contributed by atoms with Crippen LogP contribution in [0.25, 0.3) is 0 Å². The second-order valence-electron chi connectivity index (χ2n) is 10.0. The fraction of sp³-hybridized carbons (Fsp3) is 0.739. The number of nitrogens with zero attached hydrogens (tertiary/aromatic N) is 1. The van der Waals surface area contributed by atoms with Gasteiger partial charge in [0.25, 0.3) is 0 Å². The summed E-state index contributed by atoms with van der Waals surface area (Å²) in [5, 5.41) is 15.2. The number of nitrogens with one attached hydrogen (secondary N) is 2. The molecule has 4 atom stereocenters. The lowest BCUT2D eigenvalue weighted by atomic mass is 10.0. The summed E-state index contributed by atoms with van der Waals surface area (Å²) in [4.78, 5) is 52.2. The number of carbonyl (C=O) groups is 4. The van der Waals surface area contributed by atoms with Gasteiger partial charge in [-0.3, -0.25) is 9.59 Å². The van der Waals surface area contributed by atoms with Crippen LogP contribution in [0.15, 0.2) is 12.2 Å². The molecule has 178 valence electrons. The zero-order valence-electron chi connectivity index (χ0n) is 19.2. The number of amides is 3. The Kier molecular flexibility index (Phi) is 7.15. The van der Waals surface area contributed by atoms with Crippen LogP contribution in [0.2, 0.25) is 0 Å². The van der Waals surface area contributed by atoms with Gasteiger partial charge in [-0.25, -0.2) is 9.59 Å². The first-order chi connectivity index (χ1) is 15.0. The number of ether oxygens (including phenoxy) is 1. The maximum absolute atomic E-state index is 13.4. The lowest BCUT2D eigenvalue weighted by Gasteiger charge is -2.30. The van der Waals surface area contributed by atoms with E-state index in [1.165, 1.54) is 4.90 Å². The second-order valence-corrected chi connectivity index (χ2v) is 10.0. The first kappa shape index (κ1) is 24.1. The fourth-order valence-corrected chi connectivity index (χ4v) is 4.52. The van der Waals surface area contributed by atoms with Crippen molar-refractivity contribution in [3.05, 3.63) is 12.2 Å². The molecule has 0 bridgehead atoms. The molecule has 0 spiro atoms. The molecule has 0 unspecified atom stereocenters. The van der Waals surface area contributed by atoms with Gasteiger partial charge in [-0.2, -0.15) is 0 Å². The largest absolute Gasteiger partial charge is 0.479 e. The van der Waals surface area contributed by atoms with Crippen molar-refractivity contribution in [2.24, 2.45) is 5.92 Å². The third-order valence-electron chi connectivity index (χ3n) is 6.30. The zero-order chi connectivity index (χ0) is 23.5. The minimum Gasteiger partial charge on any atom is -0.479 e. The molecule has 1 saturated heterocycles. The van der Waals surface area contributed by atoms with Crippen LogP contribution in [-0.2, 0) is 19.1 Å². The molecule has 2 fully saturated rings. The van der Waals surface area contributed by atoms with Crippen LogP contribution in [0.3, 0.4) is 0 Å². The molecule has 0 aromatic rings. The van der Waals surface area contributed by atoms with E-state index in [0.717, 1.165) is 25.7 Å². The van der Waals surface area contributed by atoms with Crippen LogP contribution in [0, 0.1) is 5.92 Å². The van der Waals surface area contributed by atoms with Gasteiger partial charge in [0.1, 0.15) is 23.2 Å². The molecule has 3 aliphatic rings. The maximum Gasteiger partial charge on any atom is 0.408 e. The average Bonchev–Trinajstić information content (AvgIpc) is 3.16. The van der Waals surface area contributed by atoms with Crippen LogP contribution in [-0.4, -0.2) is 63.7 Å². The number of hydrogen-bond acceptors (Lipinski definition) is 5. The highest BCUT2D eigenvalue weighted by molar-refractivity contribution is 5.96. The van der Waals surface area contributed by atoms with Gasteiger partial charge in [0, 0.05) is 12.5 Å². The predicted molar refractivity (Wildman–Crippen MR) is 117 cm³/mol. The van der Waals surface area contributed by atoms with Crippen LogP contribution < -0.4 is 10.6 Å². The van der Waals surface area contributed by atoms with E-state index in [-0.39, 0.29) is 11.8 Å². The fourth-order valence-electron chi connectivity index (χ4n) is 4.52. The summed E-state index contributed by atoms with van der Waals surface area (Å²) in [6.07, 6.45) is 8.43. The molecule has 9 heteroatoms. The Balaban J connectivity index is 1.79. The van der Waals surface area contributed by atoms with Gasteiger partial charge in [0.05, 0.1) is 0 Å². The molecular weight excluding hydrogens is 414 g/mol. The van der Waals surface area contributed by atoms with E-state index in [4.69, 9.17) is 4.74 Å². The van der Waals surface area contributed by atoms with Crippen LogP contribution in [0.5, 0.6) is 0 Å². The maximum atomic E-state index is 13.4. The molecule has 3 rings (SSSR count). The van der Waals surface area contributed by atoms with Crippen molar-refractivity contribution in [2.45, 2.75) is 95.4 Å². The minimum atomic E-state index is -1.29. The van der Waals surface area contributed by atoms with Gasteiger partial charge in [-0.1, -0.05) is 25.0 Å². The number of carboxylic acids is 1. The zero-order valence-corrected chi connectivity index (χ0v) is 19.2. The van der Waals surface area contributed by atoms with E-state index >= 15 is 0 Å². The predicted octanol–water partition coefficient (Wildman–Crippen LogP) is 2.35. The topological polar surface area (TPSA) is 125 Å². The molecule has 2 heterocycles. The van der Waals surface area contributed by atoms with E-state index in [1.54, 1.807) is 20.8 Å². The molecule has 0 aromatic heterocycles. The summed E-state index contributed by atoms with van der Waals surface area (Å²) in [6, 6.07) is -1.53. The summed E-state index contributed by atoms with van der Waals surface area (Å²) >= 11 is 0. The van der Waals surface area contributed by atoms with Gasteiger partial charge in [0.2, 0.25) is 11.8 Å². The Labute approximate surface area is 188 Å². The van der Waals surface area contributed by atoms with Crippen molar-refractivity contribution in [3.8, 4) is 0 Å². The lowest BCUT2D eigenvalue weighted by Crippen LogP contribution is -2.56. The van der Waals surface area contributed by atoms with Crippen molar-refractivity contribution in [3.63, 3.8) is 0 Å². The van der Waals surface area contributed by atoms with Gasteiger partial charge < -0.3 is 25.4 Å². The molecule has 1 saturated carbocycles. The van der Waals surface area contributed by atoms with E-state index in [1.807, 2.05) is 12.2 Å². The van der Waals surface area contributed by atoms with Crippen LogP contribution >= 0.6 is 0 Å². The smallest absolute Gasteiger partial charge is 0.408 e. The van der Waals surface area contributed by atoms with Crippen molar-refractivity contribution >= 4 is 23.9 Å². The van der Waals surface area contributed by atoms with E-state index in [2.05, 4.69) is 10.6 Å². The lowest BCUT2D eigenvalue weighted by molar-refractivity contribution is -0.145. The summed E-state index contributed by atoms with van der Waals surface area (Å²) < 4.78 is 5.33. The number of rotatable bonds is 2. The standard InChI is InChI=1S/C23H35N3O6/c1-22(2,3)32-21(31)24-16-11-8-6-4-5-7-10-15-14-23(15,20(29)30)25-18(27)17-12-9-13-26(17)19(16)28/h7,10,15-17H,4-6,8-9,11-14H2,1-3H3,(H,24,31)(H,25,27)(H,29,30)/t15-,16+,17+,23-/m1/s1. The Morgan fingerprint density at radius 1 is 1.19 bits per heavy atom. The third kappa shape index (κ3) is 5.61. The number of carboxylic acid groups (broad SMARTS) is 1. The average molecular weight is 450 g/mol. The molecular formula is C23H35N3O6. The van der Waals surface area contributed by atoms with Gasteiger partial charge in [-0.15, -0.1) is 0 Å². The van der Waals surface area contributed by atoms with Crippen molar-refractivity contribution in [1.29, 1.82) is 0 Å². The summed E-state index contributed by atoms with van der Waals surface area (Å²) in [6.45, 7) is 5.65. The molecule has 3 amide bonds. The summed E-state index contributed by atoms with van der Waals surface area (Å²) in [5.41, 5.74) is -1.99. The first-order valence-electron chi connectivity index (χ1n) is 11.6. The highest BCUT2D eigenvalue weighted by atomic mass is 16.6. The number of hydrogen-bond donors (Lipinski definition) is 3. The second kappa shape index (κ2) is 9.50. The molecule has 32 heavy (non-hydrogen) atoms. The SMILES string of the molecule is CC(C)(C)OC(=O)N[C@H]1CCCCCC=C[C@@H]2C[C@@]2(C(=O)O)NC(=O)[C@@H]2CCCN2C1=O. The van der Waals surface area contributed by atoms with Crippen LogP contribution in [0.4, 0.5) is 4.79 Å². The van der Waals surface area contributed by atoms with Crippen molar-refractivity contribution < 1.29 is 29.0 Å². The molecule has 0 aromatic carbocycles.